The largest absolute Gasteiger partial charge is 0.367 e. The number of carbonyl (C=O) groups excluding carboxylic acids is 1. The fraction of sp³-hybridized carbons (Fsp3) is 0.625. The number of rotatable bonds is 5. The van der Waals surface area contributed by atoms with Gasteiger partial charge in [-0.25, -0.2) is 4.79 Å². The van der Waals surface area contributed by atoms with Gasteiger partial charge in [-0.1, -0.05) is 19.9 Å². The summed E-state index contributed by atoms with van der Waals surface area (Å²) in [6, 6.07) is 0. The standard InChI is InChI=1S/C8H15NO2/c1-4-5-6-9-11-8(10)7(2)3/h9H,2,4-6H2,1,3H3. The topological polar surface area (TPSA) is 38.3 Å². The van der Waals surface area contributed by atoms with Crippen LogP contribution in [0.5, 0.6) is 0 Å². The van der Waals surface area contributed by atoms with Crippen LogP contribution in [0.1, 0.15) is 26.7 Å². The molecule has 0 amide bonds. The Hall–Kier alpha value is -0.830. The lowest BCUT2D eigenvalue weighted by molar-refractivity contribution is -0.146. The van der Waals surface area contributed by atoms with Crippen molar-refractivity contribution in [2.75, 3.05) is 6.54 Å². The van der Waals surface area contributed by atoms with Crippen LogP contribution in [0.25, 0.3) is 0 Å². The third-order valence-electron chi connectivity index (χ3n) is 1.15. The Morgan fingerprint density at radius 3 is 2.73 bits per heavy atom. The number of nitrogens with one attached hydrogen (secondary N) is 1. The summed E-state index contributed by atoms with van der Waals surface area (Å²) in [5, 5.41) is 0. The SMILES string of the molecule is C=C(C)C(=O)ONCCCC. The normalized spacial score (nSPS) is 9.27. The van der Waals surface area contributed by atoms with Gasteiger partial charge in [0.1, 0.15) is 0 Å². The molecule has 3 nitrogen and oxygen atoms in total. The Morgan fingerprint density at radius 2 is 2.27 bits per heavy atom. The quantitative estimate of drug-likeness (QED) is 0.372. The van der Waals surface area contributed by atoms with E-state index in [-0.39, 0.29) is 5.97 Å². The zero-order valence-corrected chi connectivity index (χ0v) is 7.14. The van der Waals surface area contributed by atoms with E-state index in [0.29, 0.717) is 12.1 Å². The van der Waals surface area contributed by atoms with E-state index in [1.165, 1.54) is 0 Å². The van der Waals surface area contributed by atoms with Gasteiger partial charge in [-0.05, 0) is 13.3 Å². The minimum Gasteiger partial charge on any atom is -0.367 e. The molecule has 0 radical (unpaired) electrons. The van der Waals surface area contributed by atoms with Crippen molar-refractivity contribution >= 4 is 5.97 Å². The molecule has 1 N–H and O–H groups in total. The molecule has 0 aliphatic carbocycles. The molecule has 0 aromatic heterocycles. The first-order valence-corrected chi connectivity index (χ1v) is 3.78. The van der Waals surface area contributed by atoms with Crippen molar-refractivity contribution in [1.29, 1.82) is 0 Å². The molecule has 3 heteroatoms. The molecule has 0 spiro atoms. The zero-order valence-electron chi connectivity index (χ0n) is 7.14. The summed E-state index contributed by atoms with van der Waals surface area (Å²) in [6.45, 7) is 7.83. The van der Waals surface area contributed by atoms with E-state index in [2.05, 4.69) is 23.8 Å². The molecule has 0 saturated carbocycles. The van der Waals surface area contributed by atoms with Crippen molar-refractivity contribution in [3.05, 3.63) is 12.2 Å². The second-order valence-electron chi connectivity index (χ2n) is 2.42. The fourth-order valence-corrected chi connectivity index (χ4v) is 0.453. The van der Waals surface area contributed by atoms with Crippen LogP contribution in [0.2, 0.25) is 0 Å². The van der Waals surface area contributed by atoms with Crippen molar-refractivity contribution in [1.82, 2.24) is 5.48 Å². The van der Waals surface area contributed by atoms with Crippen LogP contribution >= 0.6 is 0 Å². The van der Waals surface area contributed by atoms with Crippen LogP contribution in [-0.4, -0.2) is 12.5 Å². The van der Waals surface area contributed by atoms with E-state index in [1.807, 2.05) is 0 Å². The van der Waals surface area contributed by atoms with Crippen LogP contribution in [0.15, 0.2) is 12.2 Å². The minimum absolute atomic E-state index is 0.388. The lowest BCUT2D eigenvalue weighted by Gasteiger charge is -2.03. The highest BCUT2D eigenvalue weighted by Crippen LogP contribution is 1.89. The first-order valence-electron chi connectivity index (χ1n) is 3.78. The van der Waals surface area contributed by atoms with E-state index < -0.39 is 0 Å². The maximum Gasteiger partial charge on any atom is 0.351 e. The predicted molar refractivity (Wildman–Crippen MR) is 43.8 cm³/mol. The molecule has 0 saturated heterocycles. The van der Waals surface area contributed by atoms with Gasteiger partial charge in [-0.2, -0.15) is 5.48 Å². The van der Waals surface area contributed by atoms with Crippen LogP contribution in [0.4, 0.5) is 0 Å². The van der Waals surface area contributed by atoms with Crippen molar-refractivity contribution in [2.45, 2.75) is 26.7 Å². The molecule has 0 aliphatic rings. The number of hydrogen-bond acceptors (Lipinski definition) is 3. The minimum atomic E-state index is -0.388. The van der Waals surface area contributed by atoms with E-state index >= 15 is 0 Å². The highest BCUT2D eigenvalue weighted by Gasteiger charge is 2.00. The maximum absolute atomic E-state index is 10.7. The highest BCUT2D eigenvalue weighted by atomic mass is 16.7. The van der Waals surface area contributed by atoms with Gasteiger partial charge < -0.3 is 4.84 Å². The summed E-state index contributed by atoms with van der Waals surface area (Å²) in [7, 11) is 0. The van der Waals surface area contributed by atoms with Crippen LogP contribution in [-0.2, 0) is 9.63 Å². The van der Waals surface area contributed by atoms with Gasteiger partial charge in [-0.15, -0.1) is 0 Å². The lowest BCUT2D eigenvalue weighted by atomic mass is 10.3. The molecular weight excluding hydrogens is 142 g/mol. The van der Waals surface area contributed by atoms with Crippen LogP contribution < -0.4 is 5.48 Å². The van der Waals surface area contributed by atoms with Crippen LogP contribution in [0.3, 0.4) is 0 Å². The number of carbonyl (C=O) groups is 1. The van der Waals surface area contributed by atoms with Crippen molar-refractivity contribution in [2.24, 2.45) is 0 Å². The molecule has 0 atom stereocenters. The lowest BCUT2D eigenvalue weighted by Crippen LogP contribution is -2.21. The summed E-state index contributed by atoms with van der Waals surface area (Å²) >= 11 is 0. The fourth-order valence-electron chi connectivity index (χ4n) is 0.453. The first-order chi connectivity index (χ1) is 5.18. The number of hydrogen-bond donors (Lipinski definition) is 1. The average Bonchev–Trinajstić information content (AvgIpc) is 1.97. The summed E-state index contributed by atoms with van der Waals surface area (Å²) in [6.07, 6.45) is 2.08. The van der Waals surface area contributed by atoms with Crippen molar-refractivity contribution in [3.8, 4) is 0 Å². The first kappa shape index (κ1) is 10.2. The van der Waals surface area contributed by atoms with Gasteiger partial charge >= 0.3 is 5.97 Å². The van der Waals surface area contributed by atoms with Crippen molar-refractivity contribution in [3.63, 3.8) is 0 Å². The Labute approximate surface area is 67.4 Å². The Kier molecular flexibility index (Phi) is 5.47. The molecule has 64 valence electrons. The third-order valence-corrected chi connectivity index (χ3v) is 1.15. The van der Waals surface area contributed by atoms with Gasteiger partial charge in [0.15, 0.2) is 0 Å². The molecule has 0 bridgehead atoms. The van der Waals surface area contributed by atoms with Crippen LogP contribution in [0, 0.1) is 0 Å². The van der Waals surface area contributed by atoms with E-state index in [1.54, 1.807) is 6.92 Å². The molecule has 0 fully saturated rings. The molecular formula is C8H15NO2. The second-order valence-corrected chi connectivity index (χ2v) is 2.42. The molecule has 11 heavy (non-hydrogen) atoms. The summed E-state index contributed by atoms with van der Waals surface area (Å²) in [4.78, 5) is 15.3. The van der Waals surface area contributed by atoms with Gasteiger partial charge in [0.25, 0.3) is 0 Å². The summed E-state index contributed by atoms with van der Waals surface area (Å²) in [5.41, 5.74) is 2.97. The van der Waals surface area contributed by atoms with Gasteiger partial charge in [0.2, 0.25) is 0 Å². The maximum atomic E-state index is 10.7. The van der Waals surface area contributed by atoms with E-state index in [9.17, 15) is 4.79 Å². The monoisotopic (exact) mass is 157 g/mol. The smallest absolute Gasteiger partial charge is 0.351 e. The Bertz CT molecular complexity index is 143. The Morgan fingerprint density at radius 1 is 1.64 bits per heavy atom. The molecule has 0 aliphatic heterocycles. The number of unbranched alkanes of at least 4 members (excludes halogenated alkanes) is 1. The summed E-state index contributed by atoms with van der Waals surface area (Å²) < 4.78 is 0. The molecule has 0 aromatic rings. The predicted octanol–water partition coefficient (Wildman–Crippen LogP) is 1.41. The summed E-state index contributed by atoms with van der Waals surface area (Å²) in [5.74, 6) is -0.388. The van der Waals surface area contributed by atoms with Crippen molar-refractivity contribution < 1.29 is 9.63 Å². The second kappa shape index (κ2) is 5.92. The Balaban J connectivity index is 3.25. The zero-order chi connectivity index (χ0) is 8.69. The van der Waals surface area contributed by atoms with Gasteiger partial charge in [0, 0.05) is 12.1 Å². The van der Waals surface area contributed by atoms with E-state index in [4.69, 9.17) is 0 Å². The molecule has 0 aromatic carbocycles. The van der Waals surface area contributed by atoms with E-state index in [0.717, 1.165) is 12.8 Å². The highest BCUT2D eigenvalue weighted by molar-refractivity contribution is 5.86. The average molecular weight is 157 g/mol. The number of hydroxylamine groups is 1. The third kappa shape index (κ3) is 5.61. The van der Waals surface area contributed by atoms with Gasteiger partial charge in [0.05, 0.1) is 0 Å². The van der Waals surface area contributed by atoms with Gasteiger partial charge in [-0.3, -0.25) is 0 Å². The molecule has 0 heterocycles. The molecule has 0 rings (SSSR count). The molecule has 0 unspecified atom stereocenters.